The molecule has 0 radical (unpaired) electrons. The quantitative estimate of drug-likeness (QED) is 0.552. The zero-order chi connectivity index (χ0) is 19.8. The van der Waals surface area contributed by atoms with E-state index in [9.17, 15) is 4.79 Å². The Balaban J connectivity index is 1.59. The lowest BCUT2D eigenvalue weighted by Gasteiger charge is -2.15. The van der Waals surface area contributed by atoms with Crippen LogP contribution in [-0.2, 0) is 11.4 Å². The molecule has 0 saturated heterocycles. The molecule has 144 valence electrons. The summed E-state index contributed by atoms with van der Waals surface area (Å²) >= 11 is 0. The summed E-state index contributed by atoms with van der Waals surface area (Å²) < 4.78 is 5.93. The summed E-state index contributed by atoms with van der Waals surface area (Å²) in [5.41, 5.74) is 3.88. The predicted octanol–water partition coefficient (Wildman–Crippen LogP) is 5.44. The van der Waals surface area contributed by atoms with Gasteiger partial charge in [-0.3, -0.25) is 4.79 Å². The van der Waals surface area contributed by atoms with Crippen molar-refractivity contribution >= 4 is 17.3 Å². The number of benzene rings is 3. The van der Waals surface area contributed by atoms with E-state index >= 15 is 0 Å². The molecule has 0 aliphatic carbocycles. The Morgan fingerprint density at radius 2 is 1.50 bits per heavy atom. The number of para-hydroxylation sites is 3. The van der Waals surface area contributed by atoms with Crippen molar-refractivity contribution < 1.29 is 9.53 Å². The Bertz CT molecular complexity index is 907. The summed E-state index contributed by atoms with van der Waals surface area (Å²) in [5.74, 6) is 0.976. The van der Waals surface area contributed by atoms with Crippen molar-refractivity contribution in [3.8, 4) is 5.75 Å². The van der Waals surface area contributed by atoms with Crippen LogP contribution >= 0.6 is 0 Å². The fraction of sp³-hybridized carbons (Fsp3) is 0.208. The maximum Gasteiger partial charge on any atom is 0.243 e. The lowest BCUT2D eigenvalue weighted by Crippen LogP contribution is -2.22. The topological polar surface area (TPSA) is 50.4 Å². The molecule has 3 aromatic carbocycles. The summed E-state index contributed by atoms with van der Waals surface area (Å²) in [4.78, 5) is 12.4. The highest BCUT2D eigenvalue weighted by molar-refractivity contribution is 5.94. The van der Waals surface area contributed by atoms with Crippen LogP contribution in [0.25, 0.3) is 0 Å². The van der Waals surface area contributed by atoms with Gasteiger partial charge >= 0.3 is 0 Å². The molecule has 0 saturated carbocycles. The lowest BCUT2D eigenvalue weighted by atomic mass is 10.0. The predicted molar refractivity (Wildman–Crippen MR) is 115 cm³/mol. The highest BCUT2D eigenvalue weighted by Crippen LogP contribution is 2.25. The largest absolute Gasteiger partial charge is 0.487 e. The molecule has 0 spiro atoms. The third-order valence-electron chi connectivity index (χ3n) is 4.42. The summed E-state index contributed by atoms with van der Waals surface area (Å²) in [7, 11) is 0. The fourth-order valence-corrected chi connectivity index (χ4v) is 2.96. The second kappa shape index (κ2) is 9.60. The number of ether oxygens (including phenoxy) is 1. The monoisotopic (exact) mass is 374 g/mol. The van der Waals surface area contributed by atoms with Gasteiger partial charge < -0.3 is 15.4 Å². The van der Waals surface area contributed by atoms with Crippen LogP contribution in [0, 0.1) is 0 Å². The Morgan fingerprint density at radius 3 is 2.25 bits per heavy atom. The van der Waals surface area contributed by atoms with Gasteiger partial charge in [0.1, 0.15) is 12.4 Å². The third kappa shape index (κ3) is 5.36. The maximum absolute atomic E-state index is 12.4. The summed E-state index contributed by atoms with van der Waals surface area (Å²) in [6.45, 7) is 4.87. The summed E-state index contributed by atoms with van der Waals surface area (Å²) in [5, 5.41) is 6.18. The van der Waals surface area contributed by atoms with Gasteiger partial charge in [0.05, 0.1) is 12.2 Å². The first-order valence-electron chi connectivity index (χ1n) is 9.52. The minimum absolute atomic E-state index is 0.0917. The van der Waals surface area contributed by atoms with E-state index in [2.05, 4.69) is 24.5 Å². The lowest BCUT2D eigenvalue weighted by molar-refractivity contribution is -0.114. The van der Waals surface area contributed by atoms with Gasteiger partial charge in [0, 0.05) is 5.69 Å². The number of carbonyl (C=O) groups excluding carboxylic acids is 1. The highest BCUT2D eigenvalue weighted by atomic mass is 16.5. The van der Waals surface area contributed by atoms with Gasteiger partial charge in [0.15, 0.2) is 0 Å². The molecule has 4 nitrogen and oxygen atoms in total. The molecule has 0 fully saturated rings. The van der Waals surface area contributed by atoms with Crippen LogP contribution in [0.3, 0.4) is 0 Å². The van der Waals surface area contributed by atoms with E-state index in [1.165, 1.54) is 0 Å². The van der Waals surface area contributed by atoms with Gasteiger partial charge in [-0.2, -0.15) is 0 Å². The second-order valence-electron chi connectivity index (χ2n) is 6.91. The van der Waals surface area contributed by atoms with Crippen molar-refractivity contribution in [1.29, 1.82) is 0 Å². The van der Waals surface area contributed by atoms with E-state index in [-0.39, 0.29) is 12.5 Å². The Kier molecular flexibility index (Phi) is 6.68. The molecule has 2 N–H and O–H groups in total. The number of amides is 1. The minimum atomic E-state index is -0.0917. The number of anilines is 2. The van der Waals surface area contributed by atoms with Gasteiger partial charge in [0.2, 0.25) is 5.91 Å². The molecule has 1 amide bonds. The van der Waals surface area contributed by atoms with E-state index in [1.54, 1.807) is 0 Å². The fourth-order valence-electron chi connectivity index (χ4n) is 2.96. The van der Waals surface area contributed by atoms with Crippen molar-refractivity contribution in [2.75, 3.05) is 17.2 Å². The van der Waals surface area contributed by atoms with Gasteiger partial charge in [0.25, 0.3) is 0 Å². The highest BCUT2D eigenvalue weighted by Gasteiger charge is 2.10. The number of hydrogen-bond acceptors (Lipinski definition) is 3. The van der Waals surface area contributed by atoms with Gasteiger partial charge in [-0.25, -0.2) is 0 Å². The van der Waals surface area contributed by atoms with E-state index in [0.29, 0.717) is 12.5 Å². The van der Waals surface area contributed by atoms with Crippen molar-refractivity contribution in [1.82, 2.24) is 0 Å². The normalized spacial score (nSPS) is 10.5. The molecule has 0 bridgehead atoms. The van der Waals surface area contributed by atoms with Crippen LogP contribution in [0.5, 0.6) is 5.75 Å². The van der Waals surface area contributed by atoms with Crippen molar-refractivity contribution in [2.24, 2.45) is 0 Å². The molecule has 4 heteroatoms. The van der Waals surface area contributed by atoms with E-state index < -0.39 is 0 Å². The van der Waals surface area contributed by atoms with Gasteiger partial charge in [-0.15, -0.1) is 0 Å². The standard InChI is InChI=1S/C24H26N2O2/c1-18(2)20-12-6-7-13-21(20)26-24(27)16-25-22-14-8-9-15-23(22)28-17-19-10-4-3-5-11-19/h3-15,18,25H,16-17H2,1-2H3,(H,26,27). The average Bonchev–Trinajstić information content (AvgIpc) is 2.72. The van der Waals surface area contributed by atoms with Gasteiger partial charge in [-0.05, 0) is 35.2 Å². The Morgan fingerprint density at radius 1 is 0.857 bits per heavy atom. The smallest absolute Gasteiger partial charge is 0.243 e. The number of carbonyl (C=O) groups is 1. The summed E-state index contributed by atoms with van der Waals surface area (Å²) in [6, 6.07) is 25.6. The first-order chi connectivity index (χ1) is 13.6. The van der Waals surface area contributed by atoms with Crippen molar-refractivity contribution in [3.63, 3.8) is 0 Å². The zero-order valence-electron chi connectivity index (χ0n) is 16.3. The van der Waals surface area contributed by atoms with Gasteiger partial charge in [-0.1, -0.05) is 74.5 Å². The van der Waals surface area contributed by atoms with Crippen LogP contribution in [0.4, 0.5) is 11.4 Å². The molecule has 0 aliphatic rings. The van der Waals surface area contributed by atoms with Crippen LogP contribution in [0.1, 0.15) is 30.9 Å². The van der Waals surface area contributed by atoms with Crippen LogP contribution in [-0.4, -0.2) is 12.5 Å². The molecule has 0 aromatic heterocycles. The molecule has 0 heterocycles. The molecule has 0 unspecified atom stereocenters. The first-order valence-corrected chi connectivity index (χ1v) is 9.52. The summed E-state index contributed by atoms with van der Waals surface area (Å²) in [6.07, 6.45) is 0. The Labute approximate surface area is 166 Å². The zero-order valence-corrected chi connectivity index (χ0v) is 16.3. The number of rotatable bonds is 8. The molecule has 0 aliphatic heterocycles. The van der Waals surface area contributed by atoms with Crippen molar-refractivity contribution in [2.45, 2.75) is 26.4 Å². The van der Waals surface area contributed by atoms with Crippen LogP contribution in [0.2, 0.25) is 0 Å². The third-order valence-corrected chi connectivity index (χ3v) is 4.42. The number of hydrogen-bond donors (Lipinski definition) is 2. The van der Waals surface area contributed by atoms with E-state index in [1.807, 2.05) is 78.9 Å². The second-order valence-corrected chi connectivity index (χ2v) is 6.91. The molecule has 3 rings (SSSR count). The average molecular weight is 374 g/mol. The van der Waals surface area contributed by atoms with Crippen LogP contribution in [0.15, 0.2) is 78.9 Å². The van der Waals surface area contributed by atoms with Crippen LogP contribution < -0.4 is 15.4 Å². The molecule has 0 atom stereocenters. The Hall–Kier alpha value is -3.27. The molecular weight excluding hydrogens is 348 g/mol. The molecule has 3 aromatic rings. The minimum Gasteiger partial charge on any atom is -0.487 e. The van der Waals surface area contributed by atoms with Crippen molar-refractivity contribution in [3.05, 3.63) is 90.0 Å². The molecular formula is C24H26N2O2. The maximum atomic E-state index is 12.4. The van der Waals surface area contributed by atoms with E-state index in [0.717, 1.165) is 28.3 Å². The first kappa shape index (κ1) is 19.5. The molecule has 28 heavy (non-hydrogen) atoms. The SMILES string of the molecule is CC(C)c1ccccc1NC(=O)CNc1ccccc1OCc1ccccc1. The number of nitrogens with one attached hydrogen (secondary N) is 2. The van der Waals surface area contributed by atoms with E-state index in [4.69, 9.17) is 4.74 Å².